The molecular weight excluding hydrogens is 192 g/mol. The Hall–Kier alpha value is -0.670. The van der Waals surface area contributed by atoms with Gasteiger partial charge in [0.1, 0.15) is 5.78 Å². The summed E-state index contributed by atoms with van der Waals surface area (Å²) in [6.07, 6.45) is 3.44. The summed E-state index contributed by atoms with van der Waals surface area (Å²) in [7, 11) is 0. The van der Waals surface area contributed by atoms with Crippen LogP contribution in [0.4, 0.5) is 0 Å². The van der Waals surface area contributed by atoms with Gasteiger partial charge in [-0.25, -0.2) is 0 Å². The first-order chi connectivity index (χ1) is 6.93. The predicted molar refractivity (Wildman–Crippen MR) is 58.6 cm³/mol. The number of ether oxygens (including phenoxy) is 2. The second-order valence-electron chi connectivity index (χ2n) is 4.54. The van der Waals surface area contributed by atoms with E-state index in [1.165, 1.54) is 0 Å². The van der Waals surface area contributed by atoms with Gasteiger partial charge in [-0.15, -0.1) is 6.58 Å². The summed E-state index contributed by atoms with van der Waals surface area (Å²) in [6, 6.07) is 0. The van der Waals surface area contributed by atoms with Crippen LogP contribution in [-0.2, 0) is 14.3 Å². The van der Waals surface area contributed by atoms with Gasteiger partial charge in [0, 0.05) is 19.3 Å². The molecule has 0 N–H and O–H groups in total. The molecule has 0 spiro atoms. The number of carbonyl (C=O) groups excluding carboxylic acids is 1. The van der Waals surface area contributed by atoms with E-state index in [1.54, 1.807) is 6.08 Å². The van der Waals surface area contributed by atoms with E-state index in [2.05, 4.69) is 6.58 Å². The molecule has 1 aliphatic rings. The van der Waals surface area contributed by atoms with Crippen LogP contribution in [0.2, 0.25) is 0 Å². The summed E-state index contributed by atoms with van der Waals surface area (Å²) in [4.78, 5) is 11.4. The van der Waals surface area contributed by atoms with E-state index in [1.807, 2.05) is 20.8 Å². The molecule has 1 aliphatic heterocycles. The molecule has 0 aromatic carbocycles. The Bertz CT molecular complexity index is 245. The van der Waals surface area contributed by atoms with Crippen LogP contribution in [0.15, 0.2) is 12.7 Å². The van der Waals surface area contributed by atoms with Crippen LogP contribution >= 0.6 is 0 Å². The molecule has 1 saturated heterocycles. The van der Waals surface area contributed by atoms with Crippen molar-refractivity contribution in [3.05, 3.63) is 12.7 Å². The quantitative estimate of drug-likeness (QED) is 0.671. The lowest BCUT2D eigenvalue weighted by Crippen LogP contribution is -2.44. The van der Waals surface area contributed by atoms with Gasteiger partial charge in [-0.05, 0) is 20.8 Å². The first-order valence-corrected chi connectivity index (χ1v) is 5.41. The number of hydrogen-bond acceptors (Lipinski definition) is 3. The number of carbonyl (C=O) groups is 1. The Kier molecular flexibility index (Phi) is 4.05. The third kappa shape index (κ3) is 4.14. The monoisotopic (exact) mass is 212 g/mol. The van der Waals surface area contributed by atoms with Crippen LogP contribution in [0.5, 0.6) is 0 Å². The zero-order chi connectivity index (χ0) is 11.5. The minimum absolute atomic E-state index is 0.0174. The van der Waals surface area contributed by atoms with Gasteiger partial charge in [-0.2, -0.15) is 0 Å². The zero-order valence-corrected chi connectivity index (χ0v) is 9.79. The van der Waals surface area contributed by atoms with Gasteiger partial charge in [-0.1, -0.05) is 6.08 Å². The summed E-state index contributed by atoms with van der Waals surface area (Å²) in [6.45, 7) is 9.33. The number of hydrogen-bond donors (Lipinski definition) is 0. The Balaban J connectivity index is 2.48. The van der Waals surface area contributed by atoms with E-state index in [4.69, 9.17) is 9.47 Å². The molecule has 0 bridgehead atoms. The maximum absolute atomic E-state index is 11.4. The summed E-state index contributed by atoms with van der Waals surface area (Å²) in [5.74, 6) is -0.392. The van der Waals surface area contributed by atoms with Crippen molar-refractivity contribution in [3.8, 4) is 0 Å². The zero-order valence-electron chi connectivity index (χ0n) is 9.79. The normalized spacial score (nSPS) is 29.8. The van der Waals surface area contributed by atoms with Crippen molar-refractivity contribution >= 4 is 5.78 Å². The molecule has 0 aromatic rings. The minimum Gasteiger partial charge on any atom is -0.347 e. The Labute approximate surface area is 91.4 Å². The standard InChI is InChI=1S/C12H20O3/c1-5-6-10(13)8-11-7-9(2)14-12(3,4)15-11/h5,9,11H,1,6-8H2,2-4H3/t9-,11-/m0/s1. The fraction of sp³-hybridized carbons (Fsp3) is 0.750. The van der Waals surface area contributed by atoms with Crippen LogP contribution < -0.4 is 0 Å². The van der Waals surface area contributed by atoms with E-state index in [0.29, 0.717) is 12.8 Å². The van der Waals surface area contributed by atoms with Crippen LogP contribution in [0, 0.1) is 0 Å². The molecule has 0 unspecified atom stereocenters. The topological polar surface area (TPSA) is 35.5 Å². The van der Waals surface area contributed by atoms with Crippen molar-refractivity contribution in [3.63, 3.8) is 0 Å². The molecule has 1 fully saturated rings. The van der Waals surface area contributed by atoms with Crippen molar-refractivity contribution < 1.29 is 14.3 Å². The van der Waals surface area contributed by atoms with Crippen LogP contribution in [0.25, 0.3) is 0 Å². The van der Waals surface area contributed by atoms with Crippen molar-refractivity contribution in [1.82, 2.24) is 0 Å². The summed E-state index contributed by atoms with van der Waals surface area (Å²) in [5, 5.41) is 0. The summed E-state index contributed by atoms with van der Waals surface area (Å²) >= 11 is 0. The Morgan fingerprint density at radius 2 is 2.20 bits per heavy atom. The maximum Gasteiger partial charge on any atom is 0.163 e. The molecule has 1 heterocycles. The number of ketones is 1. The van der Waals surface area contributed by atoms with Crippen molar-refractivity contribution in [2.24, 2.45) is 0 Å². The van der Waals surface area contributed by atoms with Gasteiger partial charge in [0.05, 0.1) is 12.2 Å². The molecule has 3 heteroatoms. The first-order valence-electron chi connectivity index (χ1n) is 5.41. The van der Waals surface area contributed by atoms with Gasteiger partial charge in [0.25, 0.3) is 0 Å². The third-order valence-corrected chi connectivity index (χ3v) is 2.36. The molecular formula is C12H20O3. The summed E-state index contributed by atoms with van der Waals surface area (Å²) in [5.41, 5.74) is 0. The average molecular weight is 212 g/mol. The van der Waals surface area contributed by atoms with Gasteiger partial charge < -0.3 is 9.47 Å². The SMILES string of the molecule is C=CCC(=O)C[C@@H]1C[C@H](C)OC(C)(C)O1. The smallest absolute Gasteiger partial charge is 0.163 e. The predicted octanol–water partition coefficient (Wildman–Crippen LogP) is 2.45. The Morgan fingerprint density at radius 3 is 2.73 bits per heavy atom. The second kappa shape index (κ2) is 4.90. The molecule has 15 heavy (non-hydrogen) atoms. The van der Waals surface area contributed by atoms with Crippen LogP contribution in [-0.4, -0.2) is 23.8 Å². The highest BCUT2D eigenvalue weighted by Crippen LogP contribution is 2.28. The molecule has 3 nitrogen and oxygen atoms in total. The molecule has 0 saturated carbocycles. The van der Waals surface area contributed by atoms with Crippen LogP contribution in [0.1, 0.15) is 40.0 Å². The van der Waals surface area contributed by atoms with E-state index >= 15 is 0 Å². The van der Waals surface area contributed by atoms with Gasteiger partial charge in [0.2, 0.25) is 0 Å². The molecule has 1 rings (SSSR count). The molecule has 0 aromatic heterocycles. The molecule has 2 atom stereocenters. The van der Waals surface area contributed by atoms with E-state index in [-0.39, 0.29) is 18.0 Å². The number of rotatable bonds is 4. The highest BCUT2D eigenvalue weighted by Gasteiger charge is 2.33. The molecule has 0 amide bonds. The first kappa shape index (κ1) is 12.4. The van der Waals surface area contributed by atoms with Gasteiger partial charge >= 0.3 is 0 Å². The van der Waals surface area contributed by atoms with Crippen LogP contribution in [0.3, 0.4) is 0 Å². The lowest BCUT2D eigenvalue weighted by molar-refractivity contribution is -0.295. The largest absolute Gasteiger partial charge is 0.347 e. The van der Waals surface area contributed by atoms with Crippen molar-refractivity contribution in [1.29, 1.82) is 0 Å². The number of allylic oxidation sites excluding steroid dienone is 1. The maximum atomic E-state index is 11.4. The van der Waals surface area contributed by atoms with E-state index in [0.717, 1.165) is 6.42 Å². The molecule has 0 radical (unpaired) electrons. The highest BCUT2D eigenvalue weighted by atomic mass is 16.7. The summed E-state index contributed by atoms with van der Waals surface area (Å²) < 4.78 is 11.3. The third-order valence-electron chi connectivity index (χ3n) is 2.36. The minimum atomic E-state index is -0.573. The molecule has 86 valence electrons. The molecule has 0 aliphatic carbocycles. The van der Waals surface area contributed by atoms with Crippen molar-refractivity contribution in [2.45, 2.75) is 58.0 Å². The van der Waals surface area contributed by atoms with E-state index in [9.17, 15) is 4.79 Å². The van der Waals surface area contributed by atoms with Crippen molar-refractivity contribution in [2.75, 3.05) is 0 Å². The average Bonchev–Trinajstić information content (AvgIpc) is 1.99. The van der Waals surface area contributed by atoms with Gasteiger partial charge in [-0.3, -0.25) is 4.79 Å². The highest BCUT2D eigenvalue weighted by molar-refractivity contribution is 5.80. The Morgan fingerprint density at radius 1 is 1.53 bits per heavy atom. The second-order valence-corrected chi connectivity index (χ2v) is 4.54. The fourth-order valence-corrected chi connectivity index (χ4v) is 2.00. The lowest BCUT2D eigenvalue weighted by Gasteiger charge is -2.39. The number of Topliss-reactive ketones (excluding diaryl/α,β-unsaturated/α-hetero) is 1. The van der Waals surface area contributed by atoms with Gasteiger partial charge in [0.15, 0.2) is 5.79 Å². The fourth-order valence-electron chi connectivity index (χ4n) is 2.00. The lowest BCUT2D eigenvalue weighted by atomic mass is 10.0. The van der Waals surface area contributed by atoms with E-state index < -0.39 is 5.79 Å².